The number of carbonyl (C=O) groups is 1. The number of amides is 1. The van der Waals surface area contributed by atoms with Gasteiger partial charge in [-0.05, 0) is 11.6 Å². The van der Waals surface area contributed by atoms with Gasteiger partial charge in [0.25, 0.3) is 5.91 Å². The quantitative estimate of drug-likeness (QED) is 0.928. The summed E-state index contributed by atoms with van der Waals surface area (Å²) in [6, 6.07) is 18.0. The Balaban J connectivity index is 1.36. The Morgan fingerprint density at radius 1 is 1.12 bits per heavy atom. The molecule has 1 fully saturated rings. The van der Waals surface area contributed by atoms with Gasteiger partial charge in [0.15, 0.2) is 0 Å². The smallest absolute Gasteiger partial charge is 0.251 e. The van der Waals surface area contributed by atoms with Gasteiger partial charge in [-0.15, -0.1) is 0 Å². The lowest BCUT2D eigenvalue weighted by atomic mass is 10.1. The molecule has 2 aromatic carbocycles. The third-order valence-corrected chi connectivity index (χ3v) is 4.71. The van der Waals surface area contributed by atoms with Gasteiger partial charge in [-0.1, -0.05) is 48.5 Å². The van der Waals surface area contributed by atoms with Crippen molar-refractivity contribution in [3.05, 3.63) is 65.7 Å². The van der Waals surface area contributed by atoms with Crippen molar-refractivity contribution in [2.24, 2.45) is 0 Å². The summed E-state index contributed by atoms with van der Waals surface area (Å²) in [4.78, 5) is 14.9. The predicted molar refractivity (Wildman–Crippen MR) is 94.3 cm³/mol. The molecule has 130 valence electrons. The number of fused-ring (bicyclic) bond motifs is 1. The standard InChI is InChI=1S/C20H22N2O3/c23-20(21-17-14-25-18-9-5-4-8-16(17)18)19-13-22(10-11-24-19)12-15-6-2-1-3-7-15/h1-9,17,19H,10-14H2,(H,21,23)/t17-,19+/m1/s1. The minimum absolute atomic E-state index is 0.0666. The highest BCUT2D eigenvalue weighted by Crippen LogP contribution is 2.31. The molecule has 2 heterocycles. The van der Waals surface area contributed by atoms with Crippen LogP contribution in [0.15, 0.2) is 54.6 Å². The highest BCUT2D eigenvalue weighted by molar-refractivity contribution is 5.81. The molecule has 0 spiro atoms. The molecule has 5 nitrogen and oxygen atoms in total. The van der Waals surface area contributed by atoms with Crippen LogP contribution in [0, 0.1) is 0 Å². The first-order chi connectivity index (χ1) is 12.3. The van der Waals surface area contributed by atoms with Crippen LogP contribution in [0.4, 0.5) is 0 Å². The lowest BCUT2D eigenvalue weighted by Crippen LogP contribution is -2.50. The monoisotopic (exact) mass is 338 g/mol. The number of hydrogen-bond acceptors (Lipinski definition) is 4. The van der Waals surface area contributed by atoms with E-state index in [1.165, 1.54) is 5.56 Å². The van der Waals surface area contributed by atoms with Crippen LogP contribution >= 0.6 is 0 Å². The highest BCUT2D eigenvalue weighted by Gasteiger charge is 2.31. The summed E-state index contributed by atoms with van der Waals surface area (Å²) in [5.41, 5.74) is 2.29. The maximum atomic E-state index is 12.6. The fourth-order valence-corrected chi connectivity index (χ4v) is 3.39. The van der Waals surface area contributed by atoms with Crippen molar-refractivity contribution in [2.45, 2.75) is 18.7 Å². The van der Waals surface area contributed by atoms with E-state index >= 15 is 0 Å². The molecule has 5 heteroatoms. The van der Waals surface area contributed by atoms with Crippen molar-refractivity contribution >= 4 is 5.91 Å². The normalized spacial score (nSPS) is 22.9. The molecule has 1 amide bonds. The number of morpholine rings is 1. The van der Waals surface area contributed by atoms with Gasteiger partial charge in [0.1, 0.15) is 18.5 Å². The zero-order chi connectivity index (χ0) is 17.1. The van der Waals surface area contributed by atoms with E-state index in [2.05, 4.69) is 22.3 Å². The number of nitrogens with zero attached hydrogens (tertiary/aromatic N) is 1. The fraction of sp³-hybridized carbons (Fsp3) is 0.350. The van der Waals surface area contributed by atoms with Gasteiger partial charge in [0.05, 0.1) is 12.6 Å². The van der Waals surface area contributed by atoms with E-state index in [1.54, 1.807) is 0 Å². The van der Waals surface area contributed by atoms with Crippen LogP contribution < -0.4 is 10.1 Å². The summed E-state index contributed by atoms with van der Waals surface area (Å²) in [5, 5.41) is 3.07. The van der Waals surface area contributed by atoms with Crippen molar-refractivity contribution in [1.82, 2.24) is 10.2 Å². The first-order valence-electron chi connectivity index (χ1n) is 8.69. The summed E-state index contributed by atoms with van der Waals surface area (Å²) in [6.45, 7) is 3.33. The molecule has 2 aromatic rings. The summed E-state index contributed by atoms with van der Waals surface area (Å²) in [6.07, 6.45) is -0.440. The Kier molecular flexibility index (Phi) is 4.68. The fourth-order valence-electron chi connectivity index (χ4n) is 3.39. The van der Waals surface area contributed by atoms with E-state index in [1.807, 2.05) is 42.5 Å². The molecular weight excluding hydrogens is 316 g/mol. The molecule has 2 atom stereocenters. The summed E-state index contributed by atoms with van der Waals surface area (Å²) < 4.78 is 11.3. The van der Waals surface area contributed by atoms with E-state index in [0.717, 1.165) is 24.4 Å². The maximum Gasteiger partial charge on any atom is 0.251 e. The van der Waals surface area contributed by atoms with Crippen molar-refractivity contribution in [3.63, 3.8) is 0 Å². The second-order valence-corrected chi connectivity index (χ2v) is 6.49. The van der Waals surface area contributed by atoms with Gasteiger partial charge >= 0.3 is 0 Å². The number of carbonyl (C=O) groups excluding carboxylic acids is 1. The van der Waals surface area contributed by atoms with E-state index in [0.29, 0.717) is 19.8 Å². The van der Waals surface area contributed by atoms with Crippen LogP contribution in [0.2, 0.25) is 0 Å². The molecule has 0 radical (unpaired) electrons. The molecule has 1 saturated heterocycles. The van der Waals surface area contributed by atoms with Crippen LogP contribution in [-0.4, -0.2) is 43.2 Å². The van der Waals surface area contributed by atoms with Crippen LogP contribution in [0.25, 0.3) is 0 Å². The largest absolute Gasteiger partial charge is 0.491 e. The van der Waals surface area contributed by atoms with Crippen LogP contribution in [0.5, 0.6) is 5.75 Å². The van der Waals surface area contributed by atoms with Crippen LogP contribution in [0.3, 0.4) is 0 Å². The Hall–Kier alpha value is -2.37. The van der Waals surface area contributed by atoms with Gasteiger partial charge < -0.3 is 14.8 Å². The molecule has 0 unspecified atom stereocenters. The average molecular weight is 338 g/mol. The van der Waals surface area contributed by atoms with Gasteiger partial charge in [-0.25, -0.2) is 0 Å². The van der Waals surface area contributed by atoms with E-state index in [-0.39, 0.29) is 11.9 Å². The summed E-state index contributed by atoms with van der Waals surface area (Å²) >= 11 is 0. The van der Waals surface area contributed by atoms with Crippen LogP contribution in [0.1, 0.15) is 17.2 Å². The maximum absolute atomic E-state index is 12.6. The zero-order valence-corrected chi connectivity index (χ0v) is 14.1. The Morgan fingerprint density at radius 2 is 1.92 bits per heavy atom. The third-order valence-electron chi connectivity index (χ3n) is 4.71. The van der Waals surface area contributed by atoms with Crippen molar-refractivity contribution in [2.75, 3.05) is 26.3 Å². The minimum Gasteiger partial charge on any atom is -0.491 e. The van der Waals surface area contributed by atoms with E-state index in [9.17, 15) is 4.79 Å². The molecule has 0 aliphatic carbocycles. The van der Waals surface area contributed by atoms with Crippen molar-refractivity contribution in [3.8, 4) is 5.75 Å². The number of benzene rings is 2. The van der Waals surface area contributed by atoms with Crippen molar-refractivity contribution in [1.29, 1.82) is 0 Å². The molecule has 0 aromatic heterocycles. The summed E-state index contributed by atoms with van der Waals surface area (Å²) in [7, 11) is 0. The SMILES string of the molecule is O=C(N[C@@H]1COc2ccccc21)[C@@H]1CN(Cc2ccccc2)CCO1. The number of ether oxygens (including phenoxy) is 2. The third kappa shape index (κ3) is 3.67. The second kappa shape index (κ2) is 7.25. The number of rotatable bonds is 4. The summed E-state index contributed by atoms with van der Waals surface area (Å²) in [5.74, 6) is 0.783. The Labute approximate surface area is 147 Å². The van der Waals surface area contributed by atoms with E-state index < -0.39 is 6.10 Å². The molecule has 25 heavy (non-hydrogen) atoms. The predicted octanol–water partition coefficient (Wildman–Crippen LogP) is 2.14. The van der Waals surface area contributed by atoms with E-state index in [4.69, 9.17) is 9.47 Å². The highest BCUT2D eigenvalue weighted by atomic mass is 16.5. The molecule has 0 saturated carbocycles. The average Bonchev–Trinajstić information content (AvgIpc) is 3.06. The number of hydrogen-bond donors (Lipinski definition) is 1. The molecular formula is C20H22N2O3. The van der Waals surface area contributed by atoms with Gasteiger partial charge in [0, 0.05) is 25.2 Å². The second-order valence-electron chi connectivity index (χ2n) is 6.49. The topological polar surface area (TPSA) is 50.8 Å². The minimum atomic E-state index is -0.440. The number of nitrogens with one attached hydrogen (secondary N) is 1. The first-order valence-corrected chi connectivity index (χ1v) is 8.69. The van der Waals surface area contributed by atoms with Crippen molar-refractivity contribution < 1.29 is 14.3 Å². The first kappa shape index (κ1) is 16.1. The lowest BCUT2D eigenvalue weighted by Gasteiger charge is -2.32. The molecule has 2 aliphatic rings. The van der Waals surface area contributed by atoms with Gasteiger partial charge in [0.2, 0.25) is 0 Å². The van der Waals surface area contributed by atoms with Gasteiger partial charge in [-0.2, -0.15) is 0 Å². The van der Waals surface area contributed by atoms with Gasteiger partial charge in [-0.3, -0.25) is 9.69 Å². The number of para-hydroxylation sites is 1. The molecule has 4 rings (SSSR count). The Morgan fingerprint density at radius 3 is 2.80 bits per heavy atom. The molecule has 2 aliphatic heterocycles. The molecule has 0 bridgehead atoms. The van der Waals surface area contributed by atoms with Crippen LogP contribution in [-0.2, 0) is 16.1 Å². The molecule has 1 N–H and O–H groups in total. The zero-order valence-electron chi connectivity index (χ0n) is 14.1. The lowest BCUT2D eigenvalue weighted by molar-refractivity contribution is -0.139. The Bertz CT molecular complexity index is 735.